The van der Waals surface area contributed by atoms with E-state index < -0.39 is 6.03 Å². The van der Waals surface area contributed by atoms with E-state index >= 15 is 0 Å². The molecule has 0 spiro atoms. The lowest BCUT2D eigenvalue weighted by Crippen LogP contribution is -2.32. The van der Waals surface area contributed by atoms with Crippen molar-refractivity contribution in [1.29, 1.82) is 0 Å². The van der Waals surface area contributed by atoms with E-state index in [2.05, 4.69) is 10.6 Å². The summed E-state index contributed by atoms with van der Waals surface area (Å²) in [4.78, 5) is 23.6. The van der Waals surface area contributed by atoms with Crippen molar-refractivity contribution in [2.75, 3.05) is 18.7 Å². The fourth-order valence-electron chi connectivity index (χ4n) is 2.40. The largest absolute Gasteiger partial charge is 0.473 e. The Morgan fingerprint density at radius 3 is 2.27 bits per heavy atom. The number of esters is 1. The predicted molar refractivity (Wildman–Crippen MR) is 101 cm³/mol. The summed E-state index contributed by atoms with van der Waals surface area (Å²) in [6, 6.07) is 10.1. The summed E-state index contributed by atoms with van der Waals surface area (Å²) in [5, 5.41) is 5.33. The maximum Gasteiger partial charge on any atom is 0.338 e. The summed E-state index contributed by atoms with van der Waals surface area (Å²) in [6.45, 7) is 8.09. The molecule has 6 heteroatoms. The second kappa shape index (κ2) is 8.89. The lowest BCUT2D eigenvalue weighted by Gasteiger charge is -2.14. The molecule has 0 bridgehead atoms. The van der Waals surface area contributed by atoms with E-state index in [4.69, 9.17) is 9.47 Å². The summed E-state index contributed by atoms with van der Waals surface area (Å²) in [5.41, 5.74) is 4.22. The maximum atomic E-state index is 12.0. The number of benzene rings is 2. The molecule has 0 atom stereocenters. The van der Waals surface area contributed by atoms with Crippen LogP contribution >= 0.6 is 0 Å². The molecule has 0 saturated heterocycles. The number of carbonyl (C=O) groups excluding carboxylic acids is 2. The van der Waals surface area contributed by atoms with E-state index in [9.17, 15) is 9.59 Å². The highest BCUT2D eigenvalue weighted by molar-refractivity contribution is 5.92. The van der Waals surface area contributed by atoms with Crippen LogP contribution in [0.3, 0.4) is 0 Å². The van der Waals surface area contributed by atoms with Crippen LogP contribution in [0.4, 0.5) is 10.5 Å². The lowest BCUT2D eigenvalue weighted by atomic mass is 10.1. The van der Waals surface area contributed by atoms with Crippen LogP contribution in [0.1, 0.15) is 34.0 Å². The number of urea groups is 1. The number of amides is 2. The molecule has 0 fully saturated rings. The highest BCUT2D eigenvalue weighted by atomic mass is 16.5. The zero-order valence-electron chi connectivity index (χ0n) is 15.5. The maximum absolute atomic E-state index is 12.0. The summed E-state index contributed by atoms with van der Waals surface area (Å²) < 4.78 is 10.6. The van der Waals surface area contributed by atoms with E-state index in [1.165, 1.54) is 0 Å². The first kappa shape index (κ1) is 19.3. The van der Waals surface area contributed by atoms with Crippen LogP contribution in [0, 0.1) is 20.8 Å². The van der Waals surface area contributed by atoms with Crippen LogP contribution in [-0.2, 0) is 4.74 Å². The Kier molecular flexibility index (Phi) is 6.60. The van der Waals surface area contributed by atoms with E-state index in [1.54, 1.807) is 31.2 Å². The van der Waals surface area contributed by atoms with Crippen LogP contribution in [0.15, 0.2) is 36.4 Å². The summed E-state index contributed by atoms with van der Waals surface area (Å²) in [7, 11) is 0. The Morgan fingerprint density at radius 2 is 1.62 bits per heavy atom. The first-order chi connectivity index (χ1) is 12.4. The third-order valence-electron chi connectivity index (χ3n) is 3.98. The van der Waals surface area contributed by atoms with Crippen LogP contribution < -0.4 is 15.4 Å². The fourth-order valence-corrected chi connectivity index (χ4v) is 2.40. The molecule has 26 heavy (non-hydrogen) atoms. The first-order valence-electron chi connectivity index (χ1n) is 8.44. The molecule has 0 unspecified atom stereocenters. The Labute approximate surface area is 153 Å². The summed E-state index contributed by atoms with van der Waals surface area (Å²) >= 11 is 0. The number of hydrogen-bond donors (Lipinski definition) is 2. The van der Waals surface area contributed by atoms with Crippen molar-refractivity contribution in [3.63, 3.8) is 0 Å². The average Bonchev–Trinajstić information content (AvgIpc) is 2.62. The van der Waals surface area contributed by atoms with Gasteiger partial charge in [-0.3, -0.25) is 0 Å². The highest BCUT2D eigenvalue weighted by Crippen LogP contribution is 2.25. The minimum atomic E-state index is -0.392. The Morgan fingerprint density at radius 1 is 0.962 bits per heavy atom. The van der Waals surface area contributed by atoms with Crippen LogP contribution in [0.25, 0.3) is 0 Å². The summed E-state index contributed by atoms with van der Waals surface area (Å²) in [5.74, 6) is 0.393. The molecule has 0 radical (unpaired) electrons. The van der Waals surface area contributed by atoms with Gasteiger partial charge in [-0.2, -0.15) is 0 Å². The van der Waals surface area contributed by atoms with Crippen molar-refractivity contribution in [2.24, 2.45) is 0 Å². The van der Waals surface area contributed by atoms with Crippen molar-refractivity contribution in [1.82, 2.24) is 5.32 Å². The number of nitrogens with one attached hydrogen (secondary N) is 2. The van der Waals surface area contributed by atoms with Crippen molar-refractivity contribution in [2.45, 2.75) is 27.7 Å². The third kappa shape index (κ3) is 4.99. The van der Waals surface area contributed by atoms with E-state index in [-0.39, 0.29) is 12.7 Å². The van der Waals surface area contributed by atoms with Gasteiger partial charge < -0.3 is 20.1 Å². The fraction of sp³-hybridized carbons (Fsp3) is 0.300. The van der Waals surface area contributed by atoms with E-state index in [1.807, 2.05) is 32.9 Å². The minimum absolute atomic E-state index is 0.0534. The SMILES string of the molecule is CCOC(=O)c1ccc(NC(=O)NCOc2c(C)ccc(C)c2C)cc1. The van der Waals surface area contributed by atoms with Gasteiger partial charge in [0.15, 0.2) is 6.73 Å². The van der Waals surface area contributed by atoms with Crippen molar-refractivity contribution in [3.05, 3.63) is 58.7 Å². The average molecular weight is 356 g/mol. The molecule has 0 aromatic heterocycles. The van der Waals surface area contributed by atoms with Gasteiger partial charge in [0.2, 0.25) is 0 Å². The van der Waals surface area contributed by atoms with Gasteiger partial charge in [0.25, 0.3) is 0 Å². The Balaban J connectivity index is 1.86. The first-order valence-corrected chi connectivity index (χ1v) is 8.44. The number of carbonyl (C=O) groups is 2. The lowest BCUT2D eigenvalue weighted by molar-refractivity contribution is 0.0526. The summed E-state index contributed by atoms with van der Waals surface area (Å²) in [6.07, 6.45) is 0. The van der Waals surface area contributed by atoms with Gasteiger partial charge in [-0.15, -0.1) is 0 Å². The molecule has 2 aromatic rings. The van der Waals surface area contributed by atoms with E-state index in [0.29, 0.717) is 17.9 Å². The van der Waals surface area contributed by atoms with Crippen LogP contribution in [-0.4, -0.2) is 25.3 Å². The van der Waals surface area contributed by atoms with Crippen LogP contribution in [0.2, 0.25) is 0 Å². The topological polar surface area (TPSA) is 76.7 Å². The van der Waals surface area contributed by atoms with Gasteiger partial charge in [0.05, 0.1) is 12.2 Å². The smallest absolute Gasteiger partial charge is 0.338 e. The number of ether oxygens (including phenoxy) is 2. The molecular weight excluding hydrogens is 332 g/mol. The molecule has 2 N–H and O–H groups in total. The van der Waals surface area contributed by atoms with Gasteiger partial charge >= 0.3 is 12.0 Å². The third-order valence-corrected chi connectivity index (χ3v) is 3.98. The number of anilines is 1. The normalized spacial score (nSPS) is 10.2. The molecule has 0 aliphatic heterocycles. The molecule has 0 aliphatic rings. The second-order valence-electron chi connectivity index (χ2n) is 5.87. The molecule has 0 heterocycles. The monoisotopic (exact) mass is 356 g/mol. The number of aryl methyl sites for hydroxylation is 2. The molecule has 6 nitrogen and oxygen atoms in total. The zero-order valence-corrected chi connectivity index (χ0v) is 15.5. The number of hydrogen-bond acceptors (Lipinski definition) is 4. The molecular formula is C20H24N2O4. The van der Waals surface area contributed by atoms with Gasteiger partial charge in [0.1, 0.15) is 5.75 Å². The van der Waals surface area contributed by atoms with Gasteiger partial charge in [-0.1, -0.05) is 12.1 Å². The van der Waals surface area contributed by atoms with Crippen molar-refractivity contribution >= 4 is 17.7 Å². The molecule has 2 aromatic carbocycles. The van der Waals surface area contributed by atoms with Crippen LogP contribution in [0.5, 0.6) is 5.75 Å². The van der Waals surface area contributed by atoms with E-state index in [0.717, 1.165) is 22.4 Å². The molecule has 138 valence electrons. The van der Waals surface area contributed by atoms with Gasteiger partial charge in [-0.05, 0) is 68.7 Å². The number of rotatable bonds is 6. The Bertz CT molecular complexity index is 785. The molecule has 2 rings (SSSR count). The minimum Gasteiger partial charge on any atom is -0.473 e. The van der Waals surface area contributed by atoms with Crippen molar-refractivity contribution < 1.29 is 19.1 Å². The zero-order chi connectivity index (χ0) is 19.1. The van der Waals surface area contributed by atoms with Gasteiger partial charge in [-0.25, -0.2) is 9.59 Å². The second-order valence-corrected chi connectivity index (χ2v) is 5.87. The quantitative estimate of drug-likeness (QED) is 0.607. The standard InChI is InChI=1S/C20H24N2O4/c1-5-25-19(23)16-8-10-17(11-9-16)22-20(24)21-12-26-18-14(3)7-6-13(2)15(18)4/h6-11H,5,12H2,1-4H3,(H2,21,22,24). The molecule has 0 saturated carbocycles. The van der Waals surface area contributed by atoms with Gasteiger partial charge in [0, 0.05) is 5.69 Å². The Hall–Kier alpha value is -3.02. The highest BCUT2D eigenvalue weighted by Gasteiger charge is 2.09. The predicted octanol–water partition coefficient (Wildman–Crippen LogP) is 3.95. The molecule has 0 aliphatic carbocycles. The molecule has 2 amide bonds. The van der Waals surface area contributed by atoms with Crippen molar-refractivity contribution in [3.8, 4) is 5.75 Å².